The summed E-state index contributed by atoms with van der Waals surface area (Å²) in [5.74, 6) is -1.54. The molecule has 42 heavy (non-hydrogen) atoms. The van der Waals surface area contributed by atoms with E-state index in [1.807, 2.05) is 135 Å². The topological polar surface area (TPSA) is 81.7 Å². The highest BCUT2D eigenvalue weighted by molar-refractivity contribution is 7.97. The quantitative estimate of drug-likeness (QED) is 0.149. The van der Waals surface area contributed by atoms with Gasteiger partial charge in [-0.2, -0.15) is 0 Å². The lowest BCUT2D eigenvalue weighted by molar-refractivity contribution is -0.135. The minimum atomic E-state index is -3.11. The van der Waals surface area contributed by atoms with E-state index >= 15 is 0 Å². The Morgan fingerprint density at radius 3 is 1.50 bits per heavy atom. The first-order valence-corrected chi connectivity index (χ1v) is 15.8. The molecule has 0 fully saturated rings. The molecule has 0 saturated heterocycles. The zero-order chi connectivity index (χ0) is 30.0. The fourth-order valence-corrected chi connectivity index (χ4v) is 9.30. The molecule has 4 aromatic carbocycles. The third kappa shape index (κ3) is 6.72. The van der Waals surface area contributed by atoms with E-state index in [9.17, 15) is 14.4 Å². The average Bonchev–Trinajstić information content (AvgIpc) is 3.03. The molecule has 0 spiro atoms. The maximum absolute atomic E-state index is 14.8. The van der Waals surface area contributed by atoms with Crippen LogP contribution in [0, 0.1) is 5.92 Å². The van der Waals surface area contributed by atoms with Gasteiger partial charge >= 0.3 is 12.1 Å². The van der Waals surface area contributed by atoms with Crippen molar-refractivity contribution in [2.75, 3.05) is 6.61 Å². The second-order valence-corrected chi connectivity index (χ2v) is 13.4. The predicted octanol–water partition coefficient (Wildman–Crippen LogP) is 5.24. The molecule has 0 radical (unpaired) electrons. The fraction of sp³-hybridized carbons (Fsp3) is 0.200. The summed E-state index contributed by atoms with van der Waals surface area (Å²) in [6.45, 7) is 2.41. The average molecular weight is 582 g/mol. The monoisotopic (exact) mass is 581 g/mol. The number of esters is 1. The van der Waals surface area contributed by atoms with Crippen molar-refractivity contribution in [1.29, 1.82) is 0 Å². The second kappa shape index (κ2) is 14.5. The molecule has 1 N–H and O–H groups in total. The number of benzene rings is 4. The van der Waals surface area contributed by atoms with Crippen LogP contribution in [0.4, 0.5) is 4.79 Å². The van der Waals surface area contributed by atoms with Crippen LogP contribution < -0.4 is 21.2 Å². The van der Waals surface area contributed by atoms with Gasteiger partial charge in [-0.15, -0.1) is 0 Å². The summed E-state index contributed by atoms with van der Waals surface area (Å²) < 4.78 is 11.1. The standard InChI is InChI=1S/C35H36NO5P/c1-4-40-34(38)33(32(37)31(26(2)3)36-35(39)41-25-27-17-9-5-10-18-27)42(28-19-11-6-12-20-28,29-21-13-7-14-22-29)30-23-15-8-16-24-30/h5-24,26,31H,4,25H2,1-3H3,(H,36,39)/t31-/m0/s1. The summed E-state index contributed by atoms with van der Waals surface area (Å²) in [5.41, 5.74) is 0.820. The van der Waals surface area contributed by atoms with E-state index in [4.69, 9.17) is 9.47 Å². The van der Waals surface area contributed by atoms with Crippen LogP contribution >= 0.6 is 6.89 Å². The van der Waals surface area contributed by atoms with E-state index in [2.05, 4.69) is 5.32 Å². The number of carbonyl (C=O) groups is 3. The van der Waals surface area contributed by atoms with Crippen LogP contribution in [0.15, 0.2) is 121 Å². The summed E-state index contributed by atoms with van der Waals surface area (Å²) in [6, 6.07) is 37.1. The Hall–Kier alpha value is -4.41. The SMILES string of the molecule is CCOC(=O)C(C(=O)[C@@H](NC(=O)OCc1ccccc1)C(C)C)=P(c1ccccc1)(c1ccccc1)c1ccccc1. The highest BCUT2D eigenvalue weighted by Crippen LogP contribution is 2.47. The highest BCUT2D eigenvalue weighted by Gasteiger charge is 2.41. The molecule has 6 nitrogen and oxygen atoms in total. The van der Waals surface area contributed by atoms with E-state index in [0.29, 0.717) is 0 Å². The van der Waals surface area contributed by atoms with Gasteiger partial charge in [-0.3, -0.25) is 4.79 Å². The number of ketones is 1. The molecule has 0 aliphatic carbocycles. The van der Waals surface area contributed by atoms with Crippen molar-refractivity contribution >= 4 is 45.9 Å². The number of rotatable bonds is 11. The number of ether oxygens (including phenoxy) is 2. The molecule has 216 valence electrons. The molecule has 0 unspecified atom stereocenters. The Morgan fingerprint density at radius 2 is 1.10 bits per heavy atom. The lowest BCUT2D eigenvalue weighted by Gasteiger charge is -2.33. The first-order valence-electron chi connectivity index (χ1n) is 14.0. The molecule has 0 heterocycles. The Bertz CT molecular complexity index is 1430. The first-order chi connectivity index (χ1) is 20.4. The van der Waals surface area contributed by atoms with E-state index < -0.39 is 30.8 Å². The van der Waals surface area contributed by atoms with Crippen molar-refractivity contribution in [3.8, 4) is 0 Å². The molecule has 0 aliphatic heterocycles. The van der Waals surface area contributed by atoms with Gasteiger partial charge in [-0.25, -0.2) is 9.59 Å². The van der Waals surface area contributed by atoms with Gasteiger partial charge in [0.25, 0.3) is 0 Å². The second-order valence-electron chi connectivity index (χ2n) is 10.0. The summed E-state index contributed by atoms with van der Waals surface area (Å²) in [7, 11) is 0. The van der Waals surface area contributed by atoms with Crippen molar-refractivity contribution in [3.05, 3.63) is 127 Å². The van der Waals surface area contributed by atoms with Gasteiger partial charge in [-0.1, -0.05) is 135 Å². The van der Waals surface area contributed by atoms with Crippen molar-refractivity contribution in [2.24, 2.45) is 5.92 Å². The largest absolute Gasteiger partial charge is 0.462 e. The molecule has 0 aromatic heterocycles. The Labute approximate surface area is 247 Å². The van der Waals surface area contributed by atoms with Crippen LogP contribution in [0.5, 0.6) is 0 Å². The zero-order valence-electron chi connectivity index (χ0n) is 24.1. The molecule has 4 aromatic rings. The van der Waals surface area contributed by atoms with Gasteiger partial charge in [0.2, 0.25) is 0 Å². The van der Waals surface area contributed by atoms with Gasteiger partial charge in [0.05, 0.1) is 12.6 Å². The van der Waals surface area contributed by atoms with Crippen molar-refractivity contribution in [3.63, 3.8) is 0 Å². The number of amides is 1. The molecule has 1 amide bonds. The van der Waals surface area contributed by atoms with Crippen LogP contribution in [0.2, 0.25) is 0 Å². The van der Waals surface area contributed by atoms with Crippen LogP contribution in [-0.4, -0.2) is 35.8 Å². The highest BCUT2D eigenvalue weighted by atomic mass is 31.2. The summed E-state index contributed by atoms with van der Waals surface area (Å²) >= 11 is 0. The Balaban J connectivity index is 1.96. The van der Waals surface area contributed by atoms with Crippen LogP contribution in [0.25, 0.3) is 0 Å². The van der Waals surface area contributed by atoms with E-state index in [1.54, 1.807) is 6.92 Å². The van der Waals surface area contributed by atoms with E-state index in [-0.39, 0.29) is 24.4 Å². The maximum Gasteiger partial charge on any atom is 0.408 e. The number of Topliss-reactive ketones (excluding diaryl/α,β-unsaturated/α-hetero) is 1. The van der Waals surface area contributed by atoms with Crippen LogP contribution in [0.1, 0.15) is 26.3 Å². The Morgan fingerprint density at radius 1 is 0.667 bits per heavy atom. The van der Waals surface area contributed by atoms with Gasteiger partial charge in [0, 0.05) is 0 Å². The Kier molecular flexibility index (Phi) is 10.5. The molecule has 0 saturated carbocycles. The molecule has 0 bridgehead atoms. The number of carbonyl (C=O) groups excluding carboxylic acids is 3. The molecular weight excluding hydrogens is 545 g/mol. The van der Waals surface area contributed by atoms with Crippen molar-refractivity contribution in [2.45, 2.75) is 33.4 Å². The van der Waals surface area contributed by atoms with Crippen LogP contribution in [0.3, 0.4) is 0 Å². The minimum Gasteiger partial charge on any atom is -0.462 e. The predicted molar refractivity (Wildman–Crippen MR) is 170 cm³/mol. The van der Waals surface area contributed by atoms with E-state index in [0.717, 1.165) is 21.5 Å². The third-order valence-electron chi connectivity index (χ3n) is 6.90. The minimum absolute atomic E-state index is 0.0232. The van der Waals surface area contributed by atoms with Gasteiger partial charge in [0.15, 0.2) is 5.78 Å². The smallest absolute Gasteiger partial charge is 0.408 e. The van der Waals surface area contributed by atoms with E-state index in [1.165, 1.54) is 0 Å². The maximum atomic E-state index is 14.8. The fourth-order valence-electron chi connectivity index (χ4n) is 4.97. The normalized spacial score (nSPS) is 11.8. The lowest BCUT2D eigenvalue weighted by atomic mass is 9.98. The van der Waals surface area contributed by atoms with Gasteiger partial charge in [0.1, 0.15) is 11.9 Å². The molecule has 7 heteroatoms. The van der Waals surface area contributed by atoms with Crippen molar-refractivity contribution < 1.29 is 23.9 Å². The molecular formula is C35H36NO5P. The van der Waals surface area contributed by atoms with Gasteiger partial charge in [-0.05, 0) is 41.2 Å². The number of hydrogen-bond donors (Lipinski definition) is 1. The zero-order valence-corrected chi connectivity index (χ0v) is 25.0. The number of hydrogen-bond acceptors (Lipinski definition) is 5. The molecule has 4 rings (SSSR count). The molecule has 0 aliphatic rings. The number of nitrogens with one attached hydrogen (secondary N) is 1. The summed E-state index contributed by atoms with van der Waals surface area (Å²) in [6.07, 6.45) is -0.739. The first kappa shape index (κ1) is 30.5. The summed E-state index contributed by atoms with van der Waals surface area (Å²) in [5, 5.41) is 5.27. The molecule has 1 atom stereocenters. The van der Waals surface area contributed by atoms with Crippen molar-refractivity contribution in [1.82, 2.24) is 5.32 Å². The van der Waals surface area contributed by atoms with Gasteiger partial charge < -0.3 is 14.8 Å². The van der Waals surface area contributed by atoms with Crippen LogP contribution in [-0.2, 0) is 25.7 Å². The lowest BCUT2D eigenvalue weighted by Crippen LogP contribution is -2.51. The third-order valence-corrected chi connectivity index (χ3v) is 11.2. The number of alkyl carbamates (subject to hydrolysis) is 1. The summed E-state index contributed by atoms with van der Waals surface area (Å²) in [4.78, 5) is 41.9.